The Morgan fingerprint density at radius 2 is 1.77 bits per heavy atom. The van der Waals surface area contributed by atoms with Crippen molar-refractivity contribution >= 4 is 37.0 Å². The Bertz CT molecular complexity index is 749. The van der Waals surface area contributed by atoms with Crippen molar-refractivity contribution in [1.82, 2.24) is 4.90 Å². The minimum absolute atomic E-state index is 0.00545. The van der Waals surface area contributed by atoms with Crippen molar-refractivity contribution < 1.29 is 32.5 Å². The van der Waals surface area contributed by atoms with Crippen LogP contribution in [0.15, 0.2) is 0 Å². The summed E-state index contributed by atoms with van der Waals surface area (Å²) in [4.78, 5) is 38.7. The van der Waals surface area contributed by atoms with Crippen LogP contribution in [0.3, 0.4) is 0 Å². The summed E-state index contributed by atoms with van der Waals surface area (Å²) in [5.74, 6) is -2.13. The van der Waals surface area contributed by atoms with Gasteiger partial charge in [-0.05, 0) is 32.0 Å². The lowest BCUT2D eigenvalue weighted by Crippen LogP contribution is -2.76. The number of carbonyl (C=O) groups is 3. The summed E-state index contributed by atoms with van der Waals surface area (Å²) in [6.45, 7) is 17.2. The molecule has 2 rings (SSSR count). The number of nitrogens with zero attached hydrogens (tertiary/aromatic N) is 1. The number of esters is 2. The van der Waals surface area contributed by atoms with E-state index in [1.807, 2.05) is 13.8 Å². The second-order valence-corrected chi connectivity index (χ2v) is 16.9. The van der Waals surface area contributed by atoms with Crippen molar-refractivity contribution in [2.45, 2.75) is 90.0 Å². The monoisotopic (exact) mass is 475 g/mol. The molecular formula is C21H37NO7SSi. The Hall–Kier alpha value is -1.26. The van der Waals surface area contributed by atoms with Gasteiger partial charge in [-0.1, -0.05) is 34.6 Å². The molecule has 0 spiro atoms. The predicted molar refractivity (Wildman–Crippen MR) is 120 cm³/mol. The molecule has 2 saturated heterocycles. The standard InChI is InChI=1S/C21H37NO7SSi/c1-12(2)19(24)27-11-28-20(25)15-10-30(26)14(4)17-16(18(23)22(15)17)13(3)29-31(8,9)21(5,6)7/h12-17H,10-11H2,1-9H3. The van der Waals surface area contributed by atoms with Gasteiger partial charge in [0.2, 0.25) is 12.7 Å². The van der Waals surface area contributed by atoms with E-state index in [1.165, 1.54) is 4.90 Å². The van der Waals surface area contributed by atoms with E-state index in [0.29, 0.717) is 0 Å². The number of amides is 1. The average molecular weight is 476 g/mol. The van der Waals surface area contributed by atoms with E-state index in [2.05, 4.69) is 33.9 Å². The van der Waals surface area contributed by atoms with Crippen LogP contribution >= 0.6 is 0 Å². The van der Waals surface area contributed by atoms with Crippen LogP contribution in [0.5, 0.6) is 0 Å². The van der Waals surface area contributed by atoms with Gasteiger partial charge in [0, 0.05) is 10.8 Å². The van der Waals surface area contributed by atoms with E-state index >= 15 is 0 Å². The molecule has 0 radical (unpaired) electrons. The largest absolute Gasteiger partial charge is 0.428 e. The van der Waals surface area contributed by atoms with Gasteiger partial charge >= 0.3 is 11.9 Å². The highest BCUT2D eigenvalue weighted by Gasteiger charge is 2.61. The number of fused-ring (bicyclic) bond motifs is 1. The molecule has 0 aliphatic carbocycles. The van der Waals surface area contributed by atoms with Crippen molar-refractivity contribution in [1.29, 1.82) is 0 Å². The molecule has 6 unspecified atom stereocenters. The van der Waals surface area contributed by atoms with E-state index in [1.54, 1.807) is 13.8 Å². The lowest BCUT2D eigenvalue weighted by atomic mass is 9.80. The fourth-order valence-corrected chi connectivity index (χ4v) is 6.71. The lowest BCUT2D eigenvalue weighted by molar-refractivity contribution is -0.185. The Balaban J connectivity index is 2.11. The van der Waals surface area contributed by atoms with Gasteiger partial charge in [-0.2, -0.15) is 0 Å². The summed E-state index contributed by atoms with van der Waals surface area (Å²) in [5.41, 5.74) is 0. The summed E-state index contributed by atoms with van der Waals surface area (Å²) in [5, 5.41) is -0.273. The first-order valence-electron chi connectivity index (χ1n) is 10.8. The van der Waals surface area contributed by atoms with Crippen molar-refractivity contribution in [2.75, 3.05) is 12.5 Å². The first-order valence-corrected chi connectivity index (χ1v) is 15.1. The highest BCUT2D eigenvalue weighted by atomic mass is 32.2. The van der Waals surface area contributed by atoms with Crippen LogP contribution in [0.1, 0.15) is 48.5 Å². The molecule has 2 aliphatic heterocycles. The molecule has 6 atom stereocenters. The van der Waals surface area contributed by atoms with E-state index in [9.17, 15) is 18.6 Å². The summed E-state index contributed by atoms with van der Waals surface area (Å²) in [6, 6.07) is -1.29. The highest BCUT2D eigenvalue weighted by molar-refractivity contribution is 7.85. The topological polar surface area (TPSA) is 99.2 Å². The molecule has 0 saturated carbocycles. The highest BCUT2D eigenvalue weighted by Crippen LogP contribution is 2.43. The SMILES string of the molecule is CC(C)C(=O)OCOC(=O)C1CS(=O)C(C)C2C(C(C)O[Si](C)(C)C(C)(C)C)C(=O)N12. The molecule has 2 heterocycles. The van der Waals surface area contributed by atoms with E-state index in [-0.39, 0.29) is 40.0 Å². The minimum atomic E-state index is -2.10. The maximum atomic E-state index is 13.1. The maximum Gasteiger partial charge on any atom is 0.332 e. The Kier molecular flexibility index (Phi) is 7.80. The van der Waals surface area contributed by atoms with Gasteiger partial charge in [-0.15, -0.1) is 0 Å². The third kappa shape index (κ3) is 5.22. The molecule has 0 aromatic carbocycles. The molecule has 178 valence electrons. The predicted octanol–water partition coefficient (Wildman–Crippen LogP) is 2.44. The van der Waals surface area contributed by atoms with Crippen LogP contribution in [-0.4, -0.2) is 71.3 Å². The zero-order valence-corrected chi connectivity index (χ0v) is 21.9. The van der Waals surface area contributed by atoms with Gasteiger partial charge in [-0.25, -0.2) is 4.79 Å². The molecule has 31 heavy (non-hydrogen) atoms. The first-order chi connectivity index (χ1) is 14.1. The average Bonchev–Trinajstić information content (AvgIpc) is 2.62. The zero-order valence-electron chi connectivity index (χ0n) is 20.1. The number of β-lactam (4-membered cyclic amide) rings is 1. The zero-order chi connectivity index (χ0) is 23.9. The van der Waals surface area contributed by atoms with Crippen LogP contribution in [0.2, 0.25) is 18.1 Å². The van der Waals surface area contributed by atoms with Gasteiger partial charge in [0.1, 0.15) is 6.04 Å². The summed E-state index contributed by atoms with van der Waals surface area (Å²) in [6.07, 6.45) is -0.337. The molecule has 0 aromatic rings. The number of rotatable bonds is 7. The van der Waals surface area contributed by atoms with Crippen LogP contribution in [0, 0.1) is 11.8 Å². The van der Waals surface area contributed by atoms with Gasteiger partial charge in [0.15, 0.2) is 8.32 Å². The maximum absolute atomic E-state index is 13.1. The fourth-order valence-electron chi connectivity index (χ4n) is 3.76. The molecular weight excluding hydrogens is 438 g/mol. The quantitative estimate of drug-likeness (QED) is 0.241. The Labute approximate surface area is 188 Å². The Morgan fingerprint density at radius 1 is 1.19 bits per heavy atom. The van der Waals surface area contributed by atoms with Gasteiger partial charge < -0.3 is 18.8 Å². The van der Waals surface area contributed by atoms with Gasteiger partial charge in [0.05, 0.1) is 35.0 Å². The van der Waals surface area contributed by atoms with Crippen LogP contribution in [0.4, 0.5) is 0 Å². The van der Waals surface area contributed by atoms with E-state index < -0.39 is 49.8 Å². The summed E-state index contributed by atoms with van der Waals surface area (Å²) in [7, 11) is -3.40. The Morgan fingerprint density at radius 3 is 2.29 bits per heavy atom. The second kappa shape index (κ2) is 9.31. The van der Waals surface area contributed by atoms with Crippen molar-refractivity contribution in [3.63, 3.8) is 0 Å². The number of carbonyl (C=O) groups excluding carboxylic acids is 3. The van der Waals surface area contributed by atoms with Crippen molar-refractivity contribution in [3.05, 3.63) is 0 Å². The normalized spacial score (nSPS) is 29.8. The smallest absolute Gasteiger partial charge is 0.332 e. The molecule has 2 fully saturated rings. The molecule has 2 aliphatic rings. The minimum Gasteiger partial charge on any atom is -0.428 e. The van der Waals surface area contributed by atoms with Crippen LogP contribution in [0.25, 0.3) is 0 Å². The number of hydrogen-bond donors (Lipinski definition) is 0. The van der Waals surface area contributed by atoms with E-state index in [4.69, 9.17) is 13.9 Å². The third-order valence-electron chi connectivity index (χ3n) is 6.72. The van der Waals surface area contributed by atoms with Crippen LogP contribution in [-0.2, 0) is 39.1 Å². The van der Waals surface area contributed by atoms with Crippen molar-refractivity contribution in [3.8, 4) is 0 Å². The third-order valence-corrected chi connectivity index (χ3v) is 13.0. The van der Waals surface area contributed by atoms with Gasteiger partial charge in [-0.3, -0.25) is 13.8 Å². The molecule has 1 amide bonds. The number of ether oxygens (including phenoxy) is 2. The molecule has 0 aromatic heterocycles. The lowest BCUT2D eigenvalue weighted by Gasteiger charge is -2.57. The van der Waals surface area contributed by atoms with Crippen LogP contribution < -0.4 is 0 Å². The molecule has 0 bridgehead atoms. The van der Waals surface area contributed by atoms with Gasteiger partial charge in [0.25, 0.3) is 0 Å². The summed E-state index contributed by atoms with van der Waals surface area (Å²) >= 11 is 0. The molecule has 10 heteroatoms. The first kappa shape index (κ1) is 26.0. The van der Waals surface area contributed by atoms with Crippen molar-refractivity contribution in [2.24, 2.45) is 11.8 Å². The summed E-state index contributed by atoms with van der Waals surface area (Å²) < 4.78 is 29.1. The molecule has 0 N–H and O–H groups in total. The molecule has 8 nitrogen and oxygen atoms in total. The second-order valence-electron chi connectivity index (χ2n) is 10.3. The fraction of sp³-hybridized carbons (Fsp3) is 0.857. The number of hydrogen-bond acceptors (Lipinski definition) is 7. The van der Waals surface area contributed by atoms with E-state index in [0.717, 1.165) is 0 Å².